The molecule has 0 bridgehead atoms. The molecule has 2 aliphatic heterocycles. The molecule has 1 amide bonds. The summed E-state index contributed by atoms with van der Waals surface area (Å²) in [5.74, 6) is 0.360. The first-order valence-electron chi connectivity index (χ1n) is 7.19. The minimum absolute atomic E-state index is 0.136. The molecule has 2 heterocycles. The van der Waals surface area contributed by atoms with Crippen LogP contribution in [0.5, 0.6) is 0 Å². The number of hydrogen-bond donors (Lipinski definition) is 1. The Morgan fingerprint density at radius 2 is 1.83 bits per heavy atom. The van der Waals surface area contributed by atoms with E-state index in [-0.39, 0.29) is 5.41 Å². The molecule has 0 aliphatic carbocycles. The van der Waals surface area contributed by atoms with E-state index < -0.39 is 0 Å². The van der Waals surface area contributed by atoms with Crippen molar-refractivity contribution in [2.24, 2.45) is 5.41 Å². The van der Waals surface area contributed by atoms with Crippen molar-refractivity contribution >= 4 is 5.91 Å². The standard InChI is InChI=1S/C14H27N3O/c1-14(6-8-15-9-7-14)13(18)17(3)12-4-10-16(2)11-5-12/h12,15H,4-11H2,1-3H3. The van der Waals surface area contributed by atoms with Gasteiger partial charge in [0.2, 0.25) is 5.91 Å². The number of nitrogens with zero attached hydrogens (tertiary/aromatic N) is 2. The van der Waals surface area contributed by atoms with E-state index in [0.717, 1.165) is 51.9 Å². The van der Waals surface area contributed by atoms with Crippen LogP contribution in [0.3, 0.4) is 0 Å². The van der Waals surface area contributed by atoms with Crippen molar-refractivity contribution in [3.63, 3.8) is 0 Å². The quantitative estimate of drug-likeness (QED) is 0.795. The van der Waals surface area contributed by atoms with Crippen molar-refractivity contribution < 1.29 is 4.79 Å². The number of nitrogens with one attached hydrogen (secondary N) is 1. The molecule has 0 aromatic carbocycles. The van der Waals surface area contributed by atoms with Crippen molar-refractivity contribution in [1.29, 1.82) is 0 Å². The van der Waals surface area contributed by atoms with E-state index >= 15 is 0 Å². The van der Waals surface area contributed by atoms with E-state index in [1.165, 1.54) is 0 Å². The van der Waals surface area contributed by atoms with Crippen LogP contribution >= 0.6 is 0 Å². The SMILES string of the molecule is CN1CCC(N(C)C(=O)C2(C)CCNCC2)CC1. The lowest BCUT2D eigenvalue weighted by Gasteiger charge is -2.41. The zero-order valence-corrected chi connectivity index (χ0v) is 12.0. The van der Waals surface area contributed by atoms with Crippen molar-refractivity contribution in [3.8, 4) is 0 Å². The van der Waals surface area contributed by atoms with Crippen LogP contribution in [0, 0.1) is 5.41 Å². The summed E-state index contributed by atoms with van der Waals surface area (Å²) in [6.07, 6.45) is 4.19. The predicted octanol–water partition coefficient (Wildman–Crippen LogP) is 0.929. The largest absolute Gasteiger partial charge is 0.342 e. The molecule has 2 fully saturated rings. The van der Waals surface area contributed by atoms with Crippen molar-refractivity contribution in [3.05, 3.63) is 0 Å². The summed E-state index contributed by atoms with van der Waals surface area (Å²) in [5.41, 5.74) is -0.136. The lowest BCUT2D eigenvalue weighted by molar-refractivity contribution is -0.144. The highest BCUT2D eigenvalue weighted by atomic mass is 16.2. The molecule has 0 spiro atoms. The van der Waals surface area contributed by atoms with Crippen LogP contribution in [0.25, 0.3) is 0 Å². The van der Waals surface area contributed by atoms with E-state index in [9.17, 15) is 4.79 Å². The van der Waals surface area contributed by atoms with Crippen LogP contribution in [-0.4, -0.2) is 62.0 Å². The van der Waals surface area contributed by atoms with Gasteiger partial charge in [-0.1, -0.05) is 6.92 Å². The maximum absolute atomic E-state index is 12.7. The van der Waals surface area contributed by atoms with Gasteiger partial charge in [0.25, 0.3) is 0 Å². The average Bonchev–Trinajstić information content (AvgIpc) is 2.39. The highest BCUT2D eigenvalue weighted by molar-refractivity contribution is 5.82. The number of likely N-dealkylation sites (tertiary alicyclic amines) is 1. The van der Waals surface area contributed by atoms with Gasteiger partial charge in [-0.2, -0.15) is 0 Å². The fourth-order valence-electron chi connectivity index (χ4n) is 3.17. The van der Waals surface area contributed by atoms with E-state index in [2.05, 4.69) is 24.2 Å². The molecule has 0 saturated carbocycles. The number of hydrogen-bond acceptors (Lipinski definition) is 3. The third-order valence-corrected chi connectivity index (χ3v) is 4.78. The molecule has 2 saturated heterocycles. The van der Waals surface area contributed by atoms with Gasteiger partial charge in [0.1, 0.15) is 0 Å². The van der Waals surface area contributed by atoms with E-state index in [1.807, 2.05) is 11.9 Å². The molecule has 0 aromatic heterocycles. The van der Waals surface area contributed by atoms with Crippen LogP contribution < -0.4 is 5.32 Å². The zero-order chi connectivity index (χ0) is 13.2. The zero-order valence-electron chi connectivity index (χ0n) is 12.0. The first-order valence-corrected chi connectivity index (χ1v) is 7.19. The summed E-state index contributed by atoms with van der Waals surface area (Å²) in [5, 5.41) is 3.34. The van der Waals surface area contributed by atoms with Gasteiger partial charge in [-0.3, -0.25) is 4.79 Å². The van der Waals surface area contributed by atoms with Crippen LogP contribution in [0.4, 0.5) is 0 Å². The van der Waals surface area contributed by atoms with Gasteiger partial charge in [-0.15, -0.1) is 0 Å². The third-order valence-electron chi connectivity index (χ3n) is 4.78. The Labute approximate surface area is 111 Å². The molecule has 2 aliphatic rings. The van der Waals surface area contributed by atoms with E-state index in [1.54, 1.807) is 0 Å². The van der Waals surface area contributed by atoms with Gasteiger partial charge >= 0.3 is 0 Å². The van der Waals surface area contributed by atoms with Crippen molar-refractivity contribution in [2.75, 3.05) is 40.3 Å². The summed E-state index contributed by atoms with van der Waals surface area (Å²) in [4.78, 5) is 17.1. The van der Waals surface area contributed by atoms with E-state index in [4.69, 9.17) is 0 Å². The number of rotatable bonds is 2. The normalized spacial score (nSPS) is 25.9. The Morgan fingerprint density at radius 3 is 2.39 bits per heavy atom. The molecule has 0 aromatic rings. The lowest BCUT2D eigenvalue weighted by Crippen LogP contribution is -2.51. The predicted molar refractivity (Wildman–Crippen MR) is 73.5 cm³/mol. The lowest BCUT2D eigenvalue weighted by atomic mass is 9.79. The summed E-state index contributed by atoms with van der Waals surface area (Å²) in [6, 6.07) is 0.445. The average molecular weight is 253 g/mol. The first-order chi connectivity index (χ1) is 8.53. The molecule has 0 atom stereocenters. The Bertz CT molecular complexity index is 291. The van der Waals surface area contributed by atoms with Crippen LogP contribution in [-0.2, 0) is 4.79 Å². The second kappa shape index (κ2) is 5.57. The Balaban J connectivity index is 1.95. The first kappa shape index (κ1) is 13.8. The number of piperidine rings is 2. The Hall–Kier alpha value is -0.610. The van der Waals surface area contributed by atoms with E-state index in [0.29, 0.717) is 11.9 Å². The van der Waals surface area contributed by atoms with Gasteiger partial charge in [0.05, 0.1) is 0 Å². The Kier molecular flexibility index (Phi) is 4.28. The molecule has 18 heavy (non-hydrogen) atoms. The smallest absolute Gasteiger partial charge is 0.228 e. The Morgan fingerprint density at radius 1 is 1.28 bits per heavy atom. The minimum atomic E-state index is -0.136. The molecular formula is C14H27N3O. The molecule has 0 unspecified atom stereocenters. The second-order valence-electron chi connectivity index (χ2n) is 6.26. The maximum atomic E-state index is 12.7. The van der Waals surface area contributed by atoms with Gasteiger partial charge in [0, 0.05) is 18.5 Å². The fraction of sp³-hybridized carbons (Fsp3) is 0.929. The van der Waals surface area contributed by atoms with Crippen LogP contribution in [0.2, 0.25) is 0 Å². The van der Waals surface area contributed by atoms with Crippen molar-refractivity contribution in [1.82, 2.24) is 15.1 Å². The molecular weight excluding hydrogens is 226 g/mol. The molecule has 1 N–H and O–H groups in total. The highest BCUT2D eigenvalue weighted by Crippen LogP contribution is 2.31. The number of carbonyl (C=O) groups is 1. The molecule has 4 nitrogen and oxygen atoms in total. The molecule has 2 rings (SSSR count). The van der Waals surface area contributed by atoms with Gasteiger partial charge in [0.15, 0.2) is 0 Å². The molecule has 0 radical (unpaired) electrons. The highest BCUT2D eigenvalue weighted by Gasteiger charge is 2.38. The topological polar surface area (TPSA) is 35.6 Å². The number of amides is 1. The molecule has 104 valence electrons. The maximum Gasteiger partial charge on any atom is 0.228 e. The van der Waals surface area contributed by atoms with Crippen LogP contribution in [0.15, 0.2) is 0 Å². The van der Waals surface area contributed by atoms with Gasteiger partial charge < -0.3 is 15.1 Å². The van der Waals surface area contributed by atoms with Crippen LogP contribution in [0.1, 0.15) is 32.6 Å². The third kappa shape index (κ3) is 2.86. The summed E-state index contributed by atoms with van der Waals surface area (Å²) in [6.45, 7) is 6.32. The summed E-state index contributed by atoms with van der Waals surface area (Å²) < 4.78 is 0. The number of carbonyl (C=O) groups excluding carboxylic acids is 1. The fourth-order valence-corrected chi connectivity index (χ4v) is 3.17. The molecule has 4 heteroatoms. The minimum Gasteiger partial charge on any atom is -0.342 e. The summed E-state index contributed by atoms with van der Waals surface area (Å²) >= 11 is 0. The van der Waals surface area contributed by atoms with Gasteiger partial charge in [-0.25, -0.2) is 0 Å². The monoisotopic (exact) mass is 253 g/mol. The van der Waals surface area contributed by atoms with Crippen molar-refractivity contribution in [2.45, 2.75) is 38.6 Å². The summed E-state index contributed by atoms with van der Waals surface area (Å²) in [7, 11) is 4.16. The second-order valence-corrected chi connectivity index (χ2v) is 6.26. The van der Waals surface area contributed by atoms with Gasteiger partial charge in [-0.05, 0) is 58.9 Å².